The van der Waals surface area contributed by atoms with Gasteiger partial charge in [0.2, 0.25) is 0 Å². The van der Waals surface area contributed by atoms with Crippen LogP contribution in [-0.4, -0.2) is 5.78 Å². The molecule has 2 aliphatic carbocycles. The molecule has 0 atom stereocenters. The third-order valence-corrected chi connectivity index (χ3v) is 3.71. The van der Waals surface area contributed by atoms with Crippen LogP contribution in [0, 0.1) is 0 Å². The fourth-order valence-corrected chi connectivity index (χ4v) is 2.75. The van der Waals surface area contributed by atoms with Gasteiger partial charge in [-0.15, -0.1) is 0 Å². The van der Waals surface area contributed by atoms with E-state index in [1.165, 1.54) is 11.1 Å². The van der Waals surface area contributed by atoms with Crippen LogP contribution >= 0.6 is 15.9 Å². The lowest BCUT2D eigenvalue weighted by molar-refractivity contribution is -0.119. The molecule has 0 radical (unpaired) electrons. The maximum absolute atomic E-state index is 11.7. The first kappa shape index (κ1) is 7.74. The Balaban J connectivity index is 2.22. The van der Waals surface area contributed by atoms with Crippen LogP contribution in [0.4, 0.5) is 0 Å². The Morgan fingerprint density at radius 3 is 2.77 bits per heavy atom. The molecule has 0 aromatic heterocycles. The summed E-state index contributed by atoms with van der Waals surface area (Å²) in [6.07, 6.45) is 2.79. The summed E-state index contributed by atoms with van der Waals surface area (Å²) in [5.74, 6) is 0.431. The maximum atomic E-state index is 11.7. The van der Waals surface area contributed by atoms with E-state index >= 15 is 0 Å². The van der Waals surface area contributed by atoms with Gasteiger partial charge in [-0.2, -0.15) is 0 Å². The standard InChI is InChI=1S/C11H9BrO/c12-8-1-2-9-7(5-8)6-10(13)11(9)3-4-11/h1-2,5H,3-4,6H2. The molecule has 1 aromatic carbocycles. The predicted molar refractivity (Wildman–Crippen MR) is 53.8 cm³/mol. The van der Waals surface area contributed by atoms with E-state index in [1.807, 2.05) is 6.07 Å². The summed E-state index contributed by atoms with van der Waals surface area (Å²) in [6, 6.07) is 6.23. The SMILES string of the molecule is O=C1Cc2cc(Br)ccc2C12CC2. The average Bonchev–Trinajstić information content (AvgIpc) is 2.80. The van der Waals surface area contributed by atoms with Crippen molar-refractivity contribution in [3.8, 4) is 0 Å². The van der Waals surface area contributed by atoms with Gasteiger partial charge in [0.15, 0.2) is 0 Å². The second kappa shape index (κ2) is 2.24. The maximum Gasteiger partial charge on any atom is 0.147 e. The predicted octanol–water partition coefficient (Wildman–Crippen LogP) is 2.61. The molecule has 0 aliphatic heterocycles. The highest BCUT2D eigenvalue weighted by atomic mass is 79.9. The molecule has 1 spiro atoms. The molecule has 3 rings (SSSR count). The van der Waals surface area contributed by atoms with E-state index in [9.17, 15) is 4.79 Å². The van der Waals surface area contributed by atoms with Crippen molar-refractivity contribution in [3.63, 3.8) is 0 Å². The van der Waals surface area contributed by atoms with Crippen LogP contribution in [0.2, 0.25) is 0 Å². The van der Waals surface area contributed by atoms with Crippen molar-refractivity contribution in [1.82, 2.24) is 0 Å². The van der Waals surface area contributed by atoms with Crippen molar-refractivity contribution in [2.75, 3.05) is 0 Å². The van der Waals surface area contributed by atoms with E-state index < -0.39 is 0 Å². The topological polar surface area (TPSA) is 17.1 Å². The molecule has 2 heteroatoms. The Morgan fingerprint density at radius 1 is 1.31 bits per heavy atom. The number of Topliss-reactive ketones (excluding diaryl/α,β-unsaturated/α-hetero) is 1. The molecule has 0 saturated heterocycles. The van der Waals surface area contributed by atoms with Crippen molar-refractivity contribution in [2.45, 2.75) is 24.7 Å². The van der Waals surface area contributed by atoms with E-state index in [0.717, 1.165) is 17.3 Å². The molecule has 0 amide bonds. The minimum Gasteiger partial charge on any atom is -0.298 e. The van der Waals surface area contributed by atoms with Crippen molar-refractivity contribution >= 4 is 21.7 Å². The molecular weight excluding hydrogens is 228 g/mol. The Kier molecular flexibility index (Phi) is 1.33. The fraction of sp³-hybridized carbons (Fsp3) is 0.364. The minimum atomic E-state index is -0.0317. The number of carbonyl (C=O) groups excluding carboxylic acids is 1. The summed E-state index contributed by atoms with van der Waals surface area (Å²) in [6.45, 7) is 0. The van der Waals surface area contributed by atoms with E-state index in [0.29, 0.717) is 12.2 Å². The fourth-order valence-electron chi connectivity index (χ4n) is 2.34. The van der Waals surface area contributed by atoms with Gasteiger partial charge in [0, 0.05) is 10.9 Å². The lowest BCUT2D eigenvalue weighted by atomic mass is 9.98. The molecule has 0 N–H and O–H groups in total. The molecular formula is C11H9BrO. The molecule has 2 aliphatic rings. The monoisotopic (exact) mass is 236 g/mol. The first-order chi connectivity index (χ1) is 6.22. The van der Waals surface area contributed by atoms with E-state index in [2.05, 4.69) is 28.1 Å². The number of ketones is 1. The van der Waals surface area contributed by atoms with Gasteiger partial charge < -0.3 is 0 Å². The highest BCUT2D eigenvalue weighted by Gasteiger charge is 2.55. The average molecular weight is 237 g/mol. The Labute approximate surface area is 85.3 Å². The van der Waals surface area contributed by atoms with Gasteiger partial charge in [-0.25, -0.2) is 0 Å². The van der Waals surface area contributed by atoms with Crippen LogP contribution < -0.4 is 0 Å². The van der Waals surface area contributed by atoms with Gasteiger partial charge in [0.25, 0.3) is 0 Å². The number of benzene rings is 1. The molecule has 1 nitrogen and oxygen atoms in total. The van der Waals surface area contributed by atoms with Crippen molar-refractivity contribution < 1.29 is 4.79 Å². The van der Waals surface area contributed by atoms with Crippen LogP contribution in [0.3, 0.4) is 0 Å². The molecule has 0 unspecified atom stereocenters. The highest BCUT2D eigenvalue weighted by Crippen LogP contribution is 2.54. The van der Waals surface area contributed by atoms with Gasteiger partial charge in [-0.05, 0) is 36.1 Å². The van der Waals surface area contributed by atoms with E-state index in [4.69, 9.17) is 0 Å². The van der Waals surface area contributed by atoms with Gasteiger partial charge in [0.1, 0.15) is 5.78 Å². The Morgan fingerprint density at radius 2 is 2.08 bits per heavy atom. The van der Waals surface area contributed by atoms with E-state index in [-0.39, 0.29) is 5.41 Å². The summed E-state index contributed by atoms with van der Waals surface area (Å²) in [4.78, 5) is 11.7. The molecule has 66 valence electrons. The highest BCUT2D eigenvalue weighted by molar-refractivity contribution is 9.10. The second-order valence-corrected chi connectivity index (χ2v) is 4.90. The van der Waals surface area contributed by atoms with Crippen LogP contribution in [0.1, 0.15) is 24.0 Å². The zero-order valence-corrected chi connectivity index (χ0v) is 8.73. The smallest absolute Gasteiger partial charge is 0.147 e. The zero-order chi connectivity index (χ0) is 9.05. The quantitative estimate of drug-likeness (QED) is 0.677. The lowest BCUT2D eigenvalue weighted by Gasteiger charge is -2.05. The zero-order valence-electron chi connectivity index (χ0n) is 7.14. The number of halogens is 1. The van der Waals surface area contributed by atoms with Gasteiger partial charge in [-0.1, -0.05) is 22.0 Å². The van der Waals surface area contributed by atoms with Crippen LogP contribution in [0.25, 0.3) is 0 Å². The summed E-state index contributed by atoms with van der Waals surface area (Å²) in [7, 11) is 0. The first-order valence-corrected chi connectivity index (χ1v) is 5.34. The van der Waals surface area contributed by atoms with Crippen LogP contribution in [-0.2, 0) is 16.6 Å². The summed E-state index contributed by atoms with van der Waals surface area (Å²) in [5.41, 5.74) is 2.49. The first-order valence-electron chi connectivity index (χ1n) is 4.55. The summed E-state index contributed by atoms with van der Waals surface area (Å²) in [5, 5.41) is 0. The largest absolute Gasteiger partial charge is 0.298 e. The lowest BCUT2D eigenvalue weighted by Crippen LogP contribution is -2.13. The molecule has 13 heavy (non-hydrogen) atoms. The number of hydrogen-bond donors (Lipinski definition) is 0. The van der Waals surface area contributed by atoms with E-state index in [1.54, 1.807) is 0 Å². The van der Waals surface area contributed by atoms with Crippen LogP contribution in [0.15, 0.2) is 22.7 Å². The number of hydrogen-bond acceptors (Lipinski definition) is 1. The molecule has 0 heterocycles. The normalized spacial score (nSPS) is 22.1. The van der Waals surface area contributed by atoms with Crippen LogP contribution in [0.5, 0.6) is 0 Å². The third kappa shape index (κ3) is 0.896. The Hall–Kier alpha value is -0.630. The van der Waals surface area contributed by atoms with Gasteiger partial charge >= 0.3 is 0 Å². The Bertz CT molecular complexity index is 405. The molecule has 0 bridgehead atoms. The van der Waals surface area contributed by atoms with Gasteiger partial charge in [0.05, 0.1) is 5.41 Å². The van der Waals surface area contributed by atoms with Crippen molar-refractivity contribution in [1.29, 1.82) is 0 Å². The number of fused-ring (bicyclic) bond motifs is 2. The summed E-state index contributed by atoms with van der Waals surface area (Å²) >= 11 is 3.43. The minimum absolute atomic E-state index is 0.0317. The molecule has 1 fully saturated rings. The molecule has 1 aromatic rings. The summed E-state index contributed by atoms with van der Waals surface area (Å²) < 4.78 is 1.08. The second-order valence-electron chi connectivity index (χ2n) is 3.98. The third-order valence-electron chi connectivity index (χ3n) is 3.22. The van der Waals surface area contributed by atoms with Crippen molar-refractivity contribution in [3.05, 3.63) is 33.8 Å². The molecule has 1 saturated carbocycles. The van der Waals surface area contributed by atoms with Gasteiger partial charge in [-0.3, -0.25) is 4.79 Å². The number of rotatable bonds is 0. The van der Waals surface area contributed by atoms with Crippen molar-refractivity contribution in [2.24, 2.45) is 0 Å². The number of carbonyl (C=O) groups is 1.